The van der Waals surface area contributed by atoms with Crippen LogP contribution in [0.4, 0.5) is 39.2 Å². The zero-order valence-corrected chi connectivity index (χ0v) is 19.3. The molecular weight excluding hydrogens is 457 g/mol. The molecule has 2 amide bonds. The molecule has 0 radical (unpaired) electrons. The van der Waals surface area contributed by atoms with Crippen molar-refractivity contribution in [3.63, 3.8) is 0 Å². The van der Waals surface area contributed by atoms with Crippen LogP contribution in [-0.2, 0) is 9.59 Å². The third kappa shape index (κ3) is 5.61. The minimum absolute atomic E-state index is 0.0899. The van der Waals surface area contributed by atoms with Crippen LogP contribution in [0.2, 0.25) is 0 Å². The summed E-state index contributed by atoms with van der Waals surface area (Å²) in [5, 5.41) is 20.0. The number of anilines is 6. The number of rotatable bonds is 6. The quantitative estimate of drug-likeness (QED) is 0.358. The predicted molar refractivity (Wildman–Crippen MR) is 128 cm³/mol. The molecule has 1 aliphatic rings. The van der Waals surface area contributed by atoms with Gasteiger partial charge >= 0.3 is 0 Å². The lowest BCUT2D eigenvalue weighted by molar-refractivity contribution is -0.125. The highest BCUT2D eigenvalue weighted by atomic mass is 19.1. The van der Waals surface area contributed by atoms with E-state index in [1.807, 2.05) is 6.92 Å². The molecule has 2 aromatic heterocycles. The van der Waals surface area contributed by atoms with Crippen LogP contribution in [0.1, 0.15) is 19.4 Å². The fourth-order valence-corrected chi connectivity index (χ4v) is 3.22. The number of aromatic nitrogens is 3. The molecule has 0 spiro atoms. The van der Waals surface area contributed by atoms with E-state index < -0.39 is 23.7 Å². The van der Waals surface area contributed by atoms with E-state index in [-0.39, 0.29) is 35.9 Å². The summed E-state index contributed by atoms with van der Waals surface area (Å²) in [6, 6.07) is 8.34. The van der Waals surface area contributed by atoms with Gasteiger partial charge in [0.2, 0.25) is 17.8 Å². The summed E-state index contributed by atoms with van der Waals surface area (Å²) in [5.74, 6) is -0.698. The van der Waals surface area contributed by atoms with E-state index in [9.17, 15) is 14.0 Å². The van der Waals surface area contributed by atoms with Crippen LogP contribution >= 0.6 is 0 Å². The van der Waals surface area contributed by atoms with Crippen molar-refractivity contribution in [1.82, 2.24) is 15.0 Å². The summed E-state index contributed by atoms with van der Waals surface area (Å²) in [6.45, 7) is 4.90. The van der Waals surface area contributed by atoms with Crippen LogP contribution in [0.15, 0.2) is 36.5 Å². The Bertz CT molecular complexity index is 1300. The highest BCUT2D eigenvalue weighted by Crippen LogP contribution is 2.32. The molecule has 12 heteroatoms. The van der Waals surface area contributed by atoms with Crippen molar-refractivity contribution < 1.29 is 23.8 Å². The number of pyridine rings is 1. The van der Waals surface area contributed by atoms with E-state index in [1.54, 1.807) is 44.2 Å². The molecule has 3 aromatic rings. The third-order valence-corrected chi connectivity index (χ3v) is 5.04. The first-order valence-corrected chi connectivity index (χ1v) is 10.7. The molecule has 182 valence electrons. The molecule has 0 fully saturated rings. The number of carbonyl (C=O) groups is 2. The number of fused-ring (bicyclic) bond motifs is 1. The topological polar surface area (TPSA) is 150 Å². The van der Waals surface area contributed by atoms with Crippen LogP contribution in [0.5, 0.6) is 5.75 Å². The van der Waals surface area contributed by atoms with Crippen molar-refractivity contribution in [2.45, 2.75) is 20.8 Å². The van der Waals surface area contributed by atoms with Gasteiger partial charge in [-0.25, -0.2) is 14.4 Å². The summed E-state index contributed by atoms with van der Waals surface area (Å²) in [5.41, 5.74) is 1.10. The summed E-state index contributed by atoms with van der Waals surface area (Å²) in [6.07, 6.45) is 0.999. The minimum atomic E-state index is -0.732. The Hall–Kier alpha value is -4.32. The summed E-state index contributed by atoms with van der Waals surface area (Å²) < 4.78 is 20.1. The molecule has 3 heterocycles. The van der Waals surface area contributed by atoms with E-state index in [4.69, 9.17) is 9.84 Å². The van der Waals surface area contributed by atoms with E-state index in [0.29, 0.717) is 17.1 Å². The molecule has 11 nitrogen and oxygen atoms in total. The van der Waals surface area contributed by atoms with Crippen molar-refractivity contribution in [3.05, 3.63) is 47.9 Å². The van der Waals surface area contributed by atoms with E-state index in [2.05, 4.69) is 36.2 Å². The van der Waals surface area contributed by atoms with Gasteiger partial charge < -0.3 is 31.1 Å². The first kappa shape index (κ1) is 23.8. The maximum atomic E-state index is 14.5. The fraction of sp³-hybridized carbons (Fsp3) is 0.261. The lowest BCUT2D eigenvalue weighted by atomic mass is 9.94. The number of benzene rings is 1. The van der Waals surface area contributed by atoms with Crippen LogP contribution in [0.25, 0.3) is 0 Å². The van der Waals surface area contributed by atoms with Crippen molar-refractivity contribution in [1.29, 1.82) is 0 Å². The average Bonchev–Trinajstić information content (AvgIpc) is 2.91. The summed E-state index contributed by atoms with van der Waals surface area (Å²) in [4.78, 5) is 36.3. The molecule has 1 aliphatic heterocycles. The van der Waals surface area contributed by atoms with Gasteiger partial charge in [-0.05, 0) is 56.7 Å². The lowest BCUT2D eigenvalue weighted by Gasteiger charge is -2.18. The maximum Gasteiger partial charge on any atom is 0.250 e. The van der Waals surface area contributed by atoms with Crippen LogP contribution < -0.4 is 26.0 Å². The first-order chi connectivity index (χ1) is 16.6. The number of hydrogen-bond acceptors (Lipinski definition) is 9. The lowest BCUT2D eigenvalue weighted by Crippen LogP contribution is -2.33. The van der Waals surface area contributed by atoms with Gasteiger partial charge in [-0.2, -0.15) is 4.98 Å². The van der Waals surface area contributed by atoms with Gasteiger partial charge in [0.1, 0.15) is 19.0 Å². The maximum absolute atomic E-state index is 14.5. The minimum Gasteiger partial charge on any atom is -0.489 e. The van der Waals surface area contributed by atoms with E-state index in [0.717, 1.165) is 11.8 Å². The van der Waals surface area contributed by atoms with E-state index >= 15 is 0 Å². The monoisotopic (exact) mass is 481 g/mol. The number of aliphatic hydroxyl groups excluding tert-OH is 1. The summed E-state index contributed by atoms with van der Waals surface area (Å²) >= 11 is 0. The number of nitrogens with zero attached hydrogens (tertiary/aromatic N) is 3. The Morgan fingerprint density at radius 1 is 1.20 bits per heavy atom. The van der Waals surface area contributed by atoms with Gasteiger partial charge in [0.25, 0.3) is 0 Å². The molecule has 35 heavy (non-hydrogen) atoms. The largest absolute Gasteiger partial charge is 0.489 e. The summed E-state index contributed by atoms with van der Waals surface area (Å²) in [7, 11) is 0. The van der Waals surface area contributed by atoms with Gasteiger partial charge in [0.15, 0.2) is 23.2 Å². The Balaban J connectivity index is 1.54. The number of nitrogens with one attached hydrogen (secondary N) is 4. The standard InChI is InChI=1S/C23H24FN7O4/c1-12-6-13(26-18(33)10-32)8-14(7-12)27-22-25-9-15(24)19(31-22)28-17-5-4-16-20(29-17)30-21(34)23(2,3)11-35-16/h4-9,32H,10-11H2,1-3H3,(H,26,33)(H3,25,27,28,29,30,31,34). The molecule has 0 aliphatic carbocycles. The number of carbonyl (C=O) groups excluding carboxylic acids is 2. The molecule has 0 unspecified atom stereocenters. The molecule has 0 saturated heterocycles. The molecule has 0 bridgehead atoms. The van der Waals surface area contributed by atoms with Crippen LogP contribution in [0.3, 0.4) is 0 Å². The Morgan fingerprint density at radius 3 is 2.74 bits per heavy atom. The molecule has 5 N–H and O–H groups in total. The Kier molecular flexibility index (Phi) is 6.47. The molecule has 1 aromatic carbocycles. The van der Waals surface area contributed by atoms with Crippen LogP contribution in [-0.4, -0.2) is 45.1 Å². The highest BCUT2D eigenvalue weighted by Gasteiger charge is 2.33. The fourth-order valence-electron chi connectivity index (χ4n) is 3.22. The second-order valence-corrected chi connectivity index (χ2v) is 8.60. The average molecular weight is 481 g/mol. The molecule has 0 atom stereocenters. The number of halogens is 1. The zero-order chi connectivity index (χ0) is 25.2. The zero-order valence-electron chi connectivity index (χ0n) is 19.3. The van der Waals surface area contributed by atoms with E-state index in [1.165, 1.54) is 0 Å². The highest BCUT2D eigenvalue weighted by molar-refractivity contribution is 5.96. The van der Waals surface area contributed by atoms with Gasteiger partial charge in [0, 0.05) is 11.4 Å². The van der Waals surface area contributed by atoms with Gasteiger partial charge in [-0.3, -0.25) is 9.59 Å². The van der Waals surface area contributed by atoms with Gasteiger partial charge in [-0.1, -0.05) is 0 Å². The smallest absolute Gasteiger partial charge is 0.250 e. The number of amides is 2. The van der Waals surface area contributed by atoms with Crippen molar-refractivity contribution in [2.75, 3.05) is 34.5 Å². The second-order valence-electron chi connectivity index (χ2n) is 8.60. The molecule has 4 rings (SSSR count). The van der Waals surface area contributed by atoms with Crippen LogP contribution in [0, 0.1) is 18.2 Å². The number of aryl methyl sites for hydroxylation is 1. The van der Waals surface area contributed by atoms with Crippen molar-refractivity contribution >= 4 is 46.6 Å². The molecular formula is C23H24FN7O4. The SMILES string of the molecule is Cc1cc(NC(=O)CO)cc(Nc2ncc(F)c(Nc3ccc4c(n3)NC(=O)C(C)(C)CO4)n2)c1. The first-order valence-electron chi connectivity index (χ1n) is 10.7. The third-order valence-electron chi connectivity index (χ3n) is 5.04. The van der Waals surface area contributed by atoms with Crippen molar-refractivity contribution in [3.8, 4) is 5.75 Å². The number of ether oxygens (including phenoxy) is 1. The van der Waals surface area contributed by atoms with Crippen molar-refractivity contribution in [2.24, 2.45) is 5.41 Å². The second kappa shape index (κ2) is 9.50. The predicted octanol–water partition coefficient (Wildman–Crippen LogP) is 3.09. The Morgan fingerprint density at radius 2 is 1.97 bits per heavy atom. The number of aliphatic hydroxyl groups is 1. The van der Waals surface area contributed by atoms with Gasteiger partial charge in [0.05, 0.1) is 11.6 Å². The van der Waals surface area contributed by atoms with Gasteiger partial charge in [-0.15, -0.1) is 0 Å². The number of hydrogen-bond donors (Lipinski definition) is 5. The molecule has 0 saturated carbocycles. The Labute approximate surface area is 200 Å². The normalized spacial score (nSPS) is 14.1.